The van der Waals surface area contributed by atoms with Crippen LogP contribution in [-0.2, 0) is 11.2 Å². The number of halogens is 2. The molecular weight excluding hydrogens is 352 g/mol. The smallest absolute Gasteiger partial charge is 0.387 e. The SMILES string of the molecule is O=C(CCc1nc(-c2cccs2)no1)Nc1ccccc1OC(F)F. The van der Waals surface area contributed by atoms with Gasteiger partial charge in [-0.3, -0.25) is 4.79 Å². The summed E-state index contributed by atoms with van der Waals surface area (Å²) < 4.78 is 34.2. The van der Waals surface area contributed by atoms with Gasteiger partial charge in [-0.05, 0) is 23.6 Å². The number of benzene rings is 1. The predicted octanol–water partition coefficient (Wildman–Crippen LogP) is 3.97. The summed E-state index contributed by atoms with van der Waals surface area (Å²) in [5, 5.41) is 8.29. The quantitative estimate of drug-likeness (QED) is 0.685. The average molecular weight is 365 g/mol. The second kappa shape index (κ2) is 7.84. The Kier molecular flexibility index (Phi) is 5.34. The molecule has 3 aromatic rings. The van der Waals surface area contributed by atoms with Gasteiger partial charge in [-0.2, -0.15) is 13.8 Å². The number of thiophene rings is 1. The Morgan fingerprint density at radius 2 is 2.12 bits per heavy atom. The lowest BCUT2D eigenvalue weighted by molar-refractivity contribution is -0.116. The van der Waals surface area contributed by atoms with Crippen molar-refractivity contribution >= 4 is 22.9 Å². The highest BCUT2D eigenvalue weighted by Crippen LogP contribution is 2.26. The summed E-state index contributed by atoms with van der Waals surface area (Å²) in [4.78, 5) is 17.1. The van der Waals surface area contributed by atoms with Gasteiger partial charge in [-0.1, -0.05) is 23.4 Å². The van der Waals surface area contributed by atoms with Gasteiger partial charge >= 0.3 is 6.61 Å². The molecule has 0 aliphatic rings. The molecule has 0 saturated heterocycles. The number of ether oxygens (including phenoxy) is 1. The minimum Gasteiger partial charge on any atom is -0.433 e. The van der Waals surface area contributed by atoms with E-state index in [2.05, 4.69) is 20.2 Å². The Hall–Kier alpha value is -2.81. The summed E-state index contributed by atoms with van der Waals surface area (Å²) in [5.41, 5.74) is 0.178. The Morgan fingerprint density at radius 1 is 1.28 bits per heavy atom. The molecule has 0 atom stereocenters. The fourth-order valence-electron chi connectivity index (χ4n) is 2.06. The number of carbonyl (C=O) groups is 1. The third-order valence-electron chi connectivity index (χ3n) is 3.15. The molecule has 0 saturated carbocycles. The number of nitrogens with one attached hydrogen (secondary N) is 1. The molecule has 0 unspecified atom stereocenters. The lowest BCUT2D eigenvalue weighted by Crippen LogP contribution is -2.14. The first-order valence-corrected chi connectivity index (χ1v) is 8.20. The fraction of sp³-hybridized carbons (Fsp3) is 0.188. The summed E-state index contributed by atoms with van der Waals surface area (Å²) in [6.07, 6.45) is 0.303. The minimum absolute atomic E-state index is 0.0646. The molecule has 2 aromatic heterocycles. The number of rotatable bonds is 7. The molecule has 0 bridgehead atoms. The highest BCUT2D eigenvalue weighted by atomic mass is 32.1. The van der Waals surface area contributed by atoms with Gasteiger partial charge in [0.25, 0.3) is 0 Å². The molecule has 0 radical (unpaired) electrons. The van der Waals surface area contributed by atoms with Crippen molar-refractivity contribution in [3.05, 3.63) is 47.7 Å². The molecule has 0 spiro atoms. The standard InChI is InChI=1S/C16H13F2N3O3S/c17-16(18)23-11-5-2-1-4-10(11)19-13(22)7-8-14-20-15(21-24-14)12-6-3-9-25-12/h1-6,9,16H,7-8H2,(H,19,22). The number of aryl methyl sites for hydroxylation is 1. The zero-order chi connectivity index (χ0) is 17.6. The molecule has 9 heteroatoms. The summed E-state index contributed by atoms with van der Waals surface area (Å²) in [6.45, 7) is -2.97. The van der Waals surface area contributed by atoms with Crippen LogP contribution < -0.4 is 10.1 Å². The highest BCUT2D eigenvalue weighted by molar-refractivity contribution is 7.13. The van der Waals surface area contributed by atoms with Gasteiger partial charge in [-0.25, -0.2) is 0 Å². The molecule has 0 aliphatic carbocycles. The van der Waals surface area contributed by atoms with Crippen LogP contribution in [0.5, 0.6) is 5.75 Å². The van der Waals surface area contributed by atoms with Crippen molar-refractivity contribution in [2.45, 2.75) is 19.5 Å². The van der Waals surface area contributed by atoms with E-state index >= 15 is 0 Å². The van der Waals surface area contributed by atoms with Crippen molar-refractivity contribution in [1.82, 2.24) is 10.1 Å². The number of hydrogen-bond acceptors (Lipinski definition) is 6. The largest absolute Gasteiger partial charge is 0.433 e. The van der Waals surface area contributed by atoms with Crippen molar-refractivity contribution in [2.24, 2.45) is 0 Å². The first-order chi connectivity index (χ1) is 12.1. The predicted molar refractivity (Wildman–Crippen MR) is 87.6 cm³/mol. The molecule has 3 rings (SSSR count). The third kappa shape index (κ3) is 4.60. The van der Waals surface area contributed by atoms with E-state index in [-0.39, 0.29) is 30.2 Å². The van der Waals surface area contributed by atoms with Gasteiger partial charge in [0.1, 0.15) is 5.75 Å². The fourth-order valence-corrected chi connectivity index (χ4v) is 2.71. The van der Waals surface area contributed by atoms with Crippen LogP contribution >= 0.6 is 11.3 Å². The topological polar surface area (TPSA) is 77.2 Å². The van der Waals surface area contributed by atoms with E-state index < -0.39 is 6.61 Å². The first-order valence-electron chi connectivity index (χ1n) is 7.32. The molecule has 25 heavy (non-hydrogen) atoms. The van der Waals surface area contributed by atoms with Crippen LogP contribution in [-0.4, -0.2) is 22.7 Å². The molecule has 0 aliphatic heterocycles. The lowest BCUT2D eigenvalue weighted by atomic mass is 10.2. The number of amides is 1. The summed E-state index contributed by atoms with van der Waals surface area (Å²) in [7, 11) is 0. The van der Waals surface area contributed by atoms with Crippen LogP contribution in [0.15, 0.2) is 46.3 Å². The number of hydrogen-bond donors (Lipinski definition) is 1. The zero-order valence-electron chi connectivity index (χ0n) is 12.8. The van der Waals surface area contributed by atoms with Crippen molar-refractivity contribution in [2.75, 3.05) is 5.32 Å². The van der Waals surface area contributed by atoms with E-state index in [0.29, 0.717) is 11.7 Å². The van der Waals surface area contributed by atoms with E-state index in [1.165, 1.54) is 29.5 Å². The molecular formula is C16H13F2N3O3S. The Labute approximate surface area is 145 Å². The van der Waals surface area contributed by atoms with Gasteiger partial charge in [0.05, 0.1) is 10.6 Å². The average Bonchev–Trinajstić information content (AvgIpc) is 3.25. The molecule has 1 N–H and O–H groups in total. The van der Waals surface area contributed by atoms with Gasteiger partial charge in [0, 0.05) is 12.8 Å². The van der Waals surface area contributed by atoms with E-state index in [1.54, 1.807) is 6.07 Å². The molecule has 6 nitrogen and oxygen atoms in total. The number of nitrogens with zero attached hydrogens (tertiary/aromatic N) is 2. The number of anilines is 1. The Bertz CT molecular complexity index is 837. The van der Waals surface area contributed by atoms with E-state index in [1.807, 2.05) is 17.5 Å². The summed E-state index contributed by atoms with van der Waals surface area (Å²) >= 11 is 1.48. The summed E-state index contributed by atoms with van der Waals surface area (Å²) in [5.74, 6) is 0.335. The monoisotopic (exact) mass is 365 g/mol. The van der Waals surface area contributed by atoms with Crippen molar-refractivity contribution in [3.8, 4) is 16.5 Å². The molecule has 0 fully saturated rings. The summed E-state index contributed by atoms with van der Waals surface area (Å²) in [6, 6.07) is 9.73. The molecule has 1 aromatic carbocycles. The van der Waals surface area contributed by atoms with Crippen LogP contribution in [0.2, 0.25) is 0 Å². The maximum atomic E-state index is 12.4. The van der Waals surface area contributed by atoms with Gasteiger partial charge in [-0.15, -0.1) is 11.3 Å². The number of carbonyl (C=O) groups excluding carboxylic acids is 1. The molecule has 1 amide bonds. The maximum Gasteiger partial charge on any atom is 0.387 e. The second-order valence-corrected chi connectivity index (χ2v) is 5.86. The highest BCUT2D eigenvalue weighted by Gasteiger charge is 2.14. The second-order valence-electron chi connectivity index (χ2n) is 4.91. The van der Waals surface area contributed by atoms with Gasteiger partial charge in [0.2, 0.25) is 17.6 Å². The normalized spacial score (nSPS) is 10.8. The Balaban J connectivity index is 1.57. The van der Waals surface area contributed by atoms with Crippen LogP contribution in [0.3, 0.4) is 0 Å². The lowest BCUT2D eigenvalue weighted by Gasteiger charge is -2.11. The van der Waals surface area contributed by atoms with E-state index in [0.717, 1.165) is 4.88 Å². The van der Waals surface area contributed by atoms with Crippen molar-refractivity contribution in [3.63, 3.8) is 0 Å². The van der Waals surface area contributed by atoms with Crippen molar-refractivity contribution in [1.29, 1.82) is 0 Å². The van der Waals surface area contributed by atoms with Crippen LogP contribution in [0, 0.1) is 0 Å². The van der Waals surface area contributed by atoms with E-state index in [4.69, 9.17) is 4.52 Å². The van der Waals surface area contributed by atoms with Crippen molar-refractivity contribution < 1.29 is 22.8 Å². The maximum absolute atomic E-state index is 12.4. The molecule has 130 valence electrons. The van der Waals surface area contributed by atoms with Crippen LogP contribution in [0.25, 0.3) is 10.7 Å². The number of alkyl halides is 2. The first kappa shape index (κ1) is 17.0. The number of aromatic nitrogens is 2. The zero-order valence-corrected chi connectivity index (χ0v) is 13.6. The van der Waals surface area contributed by atoms with Crippen LogP contribution in [0.4, 0.5) is 14.5 Å². The van der Waals surface area contributed by atoms with E-state index in [9.17, 15) is 13.6 Å². The molecule has 2 heterocycles. The van der Waals surface area contributed by atoms with Gasteiger partial charge < -0.3 is 14.6 Å². The Morgan fingerprint density at radius 3 is 2.88 bits per heavy atom. The van der Waals surface area contributed by atoms with Gasteiger partial charge in [0.15, 0.2) is 0 Å². The third-order valence-corrected chi connectivity index (χ3v) is 4.02. The number of para-hydroxylation sites is 2. The van der Waals surface area contributed by atoms with Crippen LogP contribution in [0.1, 0.15) is 12.3 Å². The minimum atomic E-state index is -2.97.